The van der Waals surface area contributed by atoms with Gasteiger partial charge in [0.25, 0.3) is 5.91 Å². The largest absolute Gasteiger partial charge is 0.416 e. The van der Waals surface area contributed by atoms with Gasteiger partial charge < -0.3 is 4.98 Å². The molecule has 0 aliphatic carbocycles. The molecule has 1 spiro atoms. The average molecular weight is 457 g/mol. The van der Waals surface area contributed by atoms with Crippen molar-refractivity contribution in [2.24, 2.45) is 0 Å². The molecule has 4 nitrogen and oxygen atoms in total. The van der Waals surface area contributed by atoms with Gasteiger partial charge in [-0.25, -0.2) is 4.39 Å². The first-order valence-corrected chi connectivity index (χ1v) is 10.9. The van der Waals surface area contributed by atoms with Gasteiger partial charge >= 0.3 is 6.18 Å². The SMILES string of the molecule is C[C@@H]1C[C@]2(C=CC(=O)N2c2cccc(F)c2)CCN1Cc1c[nH]c2cc(C(F)(F)F)ccc12. The number of benzene rings is 2. The zero-order chi connectivity index (χ0) is 23.4. The summed E-state index contributed by atoms with van der Waals surface area (Å²) in [5, 5.41) is 0.771. The standard InChI is InChI=1S/C25H23F4N3O/c1-16-13-24(8-7-23(33)32(24)20-4-2-3-19(26)12-20)9-10-31(16)15-17-14-30-22-11-18(25(27,28)29)5-6-21(17)22/h2-8,11-12,14,16,30H,9-10,13,15H2,1H3/t16-,24+/m1/s1. The second-order valence-corrected chi connectivity index (χ2v) is 8.94. The number of hydrogen-bond donors (Lipinski definition) is 1. The number of likely N-dealkylation sites (tertiary alicyclic amines) is 1. The molecule has 33 heavy (non-hydrogen) atoms. The summed E-state index contributed by atoms with van der Waals surface area (Å²) in [5.41, 5.74) is 0.751. The van der Waals surface area contributed by atoms with E-state index in [1.165, 1.54) is 18.2 Å². The maximum atomic E-state index is 13.8. The van der Waals surface area contributed by atoms with E-state index in [1.54, 1.807) is 29.3 Å². The van der Waals surface area contributed by atoms with Crippen LogP contribution in [0.1, 0.15) is 30.9 Å². The highest BCUT2D eigenvalue weighted by Crippen LogP contribution is 2.41. The van der Waals surface area contributed by atoms with Gasteiger partial charge in [-0.05, 0) is 55.7 Å². The number of carbonyl (C=O) groups excluding carboxylic acids is 1. The van der Waals surface area contributed by atoms with Crippen molar-refractivity contribution in [1.82, 2.24) is 9.88 Å². The molecule has 1 N–H and O–H groups in total. The number of fused-ring (bicyclic) bond motifs is 1. The third-order valence-electron chi connectivity index (χ3n) is 6.84. The van der Waals surface area contributed by atoms with Gasteiger partial charge in [0.1, 0.15) is 5.82 Å². The Morgan fingerprint density at radius 1 is 1.18 bits per heavy atom. The smallest absolute Gasteiger partial charge is 0.361 e. The van der Waals surface area contributed by atoms with E-state index < -0.39 is 17.3 Å². The number of halogens is 4. The number of carbonyl (C=O) groups is 1. The molecule has 1 fully saturated rings. The van der Waals surface area contributed by atoms with Crippen LogP contribution in [0.3, 0.4) is 0 Å². The number of nitrogens with zero attached hydrogens (tertiary/aromatic N) is 2. The van der Waals surface area contributed by atoms with Crippen LogP contribution in [0.25, 0.3) is 10.9 Å². The van der Waals surface area contributed by atoms with E-state index in [0.717, 1.165) is 23.1 Å². The molecule has 172 valence electrons. The van der Waals surface area contributed by atoms with Crippen molar-refractivity contribution >= 4 is 22.5 Å². The minimum absolute atomic E-state index is 0.102. The molecule has 2 aromatic carbocycles. The second kappa shape index (κ2) is 7.73. The molecule has 3 heterocycles. The van der Waals surface area contributed by atoms with Crippen LogP contribution in [0.2, 0.25) is 0 Å². The molecule has 0 saturated carbocycles. The number of piperidine rings is 1. The predicted molar refractivity (Wildman–Crippen MR) is 118 cm³/mol. The highest BCUT2D eigenvalue weighted by Gasteiger charge is 2.46. The Morgan fingerprint density at radius 3 is 2.73 bits per heavy atom. The number of rotatable bonds is 3. The van der Waals surface area contributed by atoms with Crippen LogP contribution in [0.15, 0.2) is 60.8 Å². The Labute approximate surface area is 188 Å². The third kappa shape index (κ3) is 3.82. The highest BCUT2D eigenvalue weighted by atomic mass is 19.4. The predicted octanol–water partition coefficient (Wildman–Crippen LogP) is 5.65. The van der Waals surface area contributed by atoms with E-state index >= 15 is 0 Å². The first-order chi connectivity index (χ1) is 15.7. The second-order valence-electron chi connectivity index (χ2n) is 8.94. The van der Waals surface area contributed by atoms with Crippen LogP contribution < -0.4 is 4.90 Å². The average Bonchev–Trinajstić information content (AvgIpc) is 3.30. The molecule has 0 bridgehead atoms. The van der Waals surface area contributed by atoms with Gasteiger partial charge in [-0.15, -0.1) is 0 Å². The molecule has 0 radical (unpaired) electrons. The number of nitrogens with one attached hydrogen (secondary N) is 1. The molecule has 2 aliphatic rings. The number of amides is 1. The van der Waals surface area contributed by atoms with Gasteiger partial charge in [0.05, 0.1) is 11.1 Å². The van der Waals surface area contributed by atoms with E-state index in [4.69, 9.17) is 0 Å². The maximum Gasteiger partial charge on any atom is 0.416 e. The minimum atomic E-state index is -4.38. The van der Waals surface area contributed by atoms with Gasteiger partial charge in [0.2, 0.25) is 0 Å². The quantitative estimate of drug-likeness (QED) is 0.516. The topological polar surface area (TPSA) is 39.3 Å². The van der Waals surface area contributed by atoms with Crippen LogP contribution in [0.5, 0.6) is 0 Å². The van der Waals surface area contributed by atoms with Crippen molar-refractivity contribution in [2.75, 3.05) is 11.4 Å². The highest BCUT2D eigenvalue weighted by molar-refractivity contribution is 6.06. The molecule has 3 aromatic rings. The summed E-state index contributed by atoms with van der Waals surface area (Å²) in [6.45, 7) is 3.36. The summed E-state index contributed by atoms with van der Waals surface area (Å²) in [4.78, 5) is 19.6. The molecule has 1 amide bonds. The fraction of sp³-hybridized carbons (Fsp3) is 0.320. The number of aromatic nitrogens is 1. The van der Waals surface area contributed by atoms with Crippen LogP contribution in [0, 0.1) is 5.82 Å². The maximum absolute atomic E-state index is 13.8. The fourth-order valence-corrected chi connectivity index (χ4v) is 5.20. The van der Waals surface area contributed by atoms with Crippen molar-refractivity contribution in [3.8, 4) is 0 Å². The number of hydrogen-bond acceptors (Lipinski definition) is 2. The molecule has 1 saturated heterocycles. The number of anilines is 1. The first-order valence-electron chi connectivity index (χ1n) is 10.9. The molecule has 0 unspecified atom stereocenters. The van der Waals surface area contributed by atoms with Crippen LogP contribution >= 0.6 is 0 Å². The van der Waals surface area contributed by atoms with Crippen molar-refractivity contribution in [2.45, 2.75) is 44.1 Å². The summed E-state index contributed by atoms with van der Waals surface area (Å²) in [5.74, 6) is -0.542. The fourth-order valence-electron chi connectivity index (χ4n) is 5.20. The van der Waals surface area contributed by atoms with Crippen LogP contribution in [-0.4, -0.2) is 33.9 Å². The summed E-state index contributed by atoms with van der Waals surface area (Å²) < 4.78 is 52.9. The van der Waals surface area contributed by atoms with Gasteiger partial charge in [-0.3, -0.25) is 14.6 Å². The number of alkyl halides is 3. The van der Waals surface area contributed by atoms with Gasteiger partial charge in [-0.1, -0.05) is 18.2 Å². The van der Waals surface area contributed by atoms with Crippen molar-refractivity contribution in [3.63, 3.8) is 0 Å². The summed E-state index contributed by atoms with van der Waals surface area (Å²) in [7, 11) is 0. The van der Waals surface area contributed by atoms with Crippen molar-refractivity contribution in [3.05, 3.63) is 77.8 Å². The van der Waals surface area contributed by atoms with E-state index in [1.807, 2.05) is 6.08 Å². The molecule has 2 atom stereocenters. The van der Waals surface area contributed by atoms with Gasteiger partial charge in [-0.2, -0.15) is 13.2 Å². The lowest BCUT2D eigenvalue weighted by Crippen LogP contribution is -2.56. The molecule has 2 aliphatic heterocycles. The van der Waals surface area contributed by atoms with E-state index in [-0.39, 0.29) is 17.8 Å². The van der Waals surface area contributed by atoms with Gasteiger partial charge in [0.15, 0.2) is 0 Å². The van der Waals surface area contributed by atoms with Crippen LogP contribution in [-0.2, 0) is 17.5 Å². The zero-order valence-electron chi connectivity index (χ0n) is 18.0. The molecule has 1 aromatic heterocycles. The summed E-state index contributed by atoms with van der Waals surface area (Å²) in [6, 6.07) is 9.95. The Morgan fingerprint density at radius 2 is 2.00 bits per heavy atom. The lowest BCUT2D eigenvalue weighted by molar-refractivity contribution is -0.137. The molecular weight excluding hydrogens is 434 g/mol. The lowest BCUT2D eigenvalue weighted by atomic mass is 9.82. The van der Waals surface area contributed by atoms with E-state index in [2.05, 4.69) is 16.8 Å². The molecular formula is C25H23F4N3O. The Balaban J connectivity index is 1.36. The normalized spacial score (nSPS) is 23.8. The third-order valence-corrected chi connectivity index (χ3v) is 6.84. The van der Waals surface area contributed by atoms with E-state index in [0.29, 0.717) is 37.1 Å². The summed E-state index contributed by atoms with van der Waals surface area (Å²) in [6.07, 6.45) is 2.22. The van der Waals surface area contributed by atoms with Gasteiger partial charge in [0, 0.05) is 48.0 Å². The Hall–Kier alpha value is -3.13. The summed E-state index contributed by atoms with van der Waals surface area (Å²) >= 11 is 0. The lowest BCUT2D eigenvalue weighted by Gasteiger charge is -2.47. The van der Waals surface area contributed by atoms with E-state index in [9.17, 15) is 22.4 Å². The first kappa shape index (κ1) is 21.7. The Kier molecular flexibility index (Phi) is 5.08. The molecule has 8 heteroatoms. The van der Waals surface area contributed by atoms with Crippen molar-refractivity contribution < 1.29 is 22.4 Å². The Bertz CT molecular complexity index is 1250. The van der Waals surface area contributed by atoms with Crippen LogP contribution in [0.4, 0.5) is 23.2 Å². The number of H-pyrrole nitrogens is 1. The molecule has 5 rings (SSSR count). The minimum Gasteiger partial charge on any atom is -0.361 e. The van der Waals surface area contributed by atoms with Crippen molar-refractivity contribution in [1.29, 1.82) is 0 Å². The zero-order valence-corrected chi connectivity index (χ0v) is 18.0. The monoisotopic (exact) mass is 457 g/mol. The number of aromatic amines is 1.